The summed E-state index contributed by atoms with van der Waals surface area (Å²) in [6.07, 6.45) is 7.01. The van der Waals surface area contributed by atoms with Crippen LogP contribution in [0.15, 0.2) is 66.2 Å². The molecule has 1 atom stereocenters. The van der Waals surface area contributed by atoms with E-state index in [2.05, 4.69) is 21.0 Å². The van der Waals surface area contributed by atoms with E-state index >= 15 is 0 Å². The summed E-state index contributed by atoms with van der Waals surface area (Å²) in [5, 5.41) is 0. The molecule has 6 heteroatoms. The van der Waals surface area contributed by atoms with Crippen molar-refractivity contribution >= 4 is 6.02 Å². The first-order valence-electron chi connectivity index (χ1n) is 7.92. The summed E-state index contributed by atoms with van der Waals surface area (Å²) in [5.74, 6) is 1.40. The third kappa shape index (κ3) is 2.00. The molecule has 1 unspecified atom stereocenters. The molecule has 0 amide bonds. The number of hydrogen-bond donors (Lipinski definition) is 1. The van der Waals surface area contributed by atoms with E-state index in [-0.39, 0.29) is 6.02 Å². The molecule has 0 saturated heterocycles. The van der Waals surface area contributed by atoms with Crippen molar-refractivity contribution in [2.45, 2.75) is 5.54 Å². The summed E-state index contributed by atoms with van der Waals surface area (Å²) >= 11 is 0. The Morgan fingerprint density at radius 1 is 0.920 bits per heavy atom. The van der Waals surface area contributed by atoms with Crippen LogP contribution in [0.4, 0.5) is 0 Å². The van der Waals surface area contributed by atoms with E-state index in [1.807, 2.05) is 36.5 Å². The van der Waals surface area contributed by atoms with E-state index in [4.69, 9.17) is 15.2 Å². The normalized spacial score (nSPS) is 20.2. The van der Waals surface area contributed by atoms with E-state index < -0.39 is 5.54 Å². The Balaban J connectivity index is 1.75. The molecular formula is C19H14N4O2. The minimum absolute atomic E-state index is 0.183. The van der Waals surface area contributed by atoms with Gasteiger partial charge < -0.3 is 15.2 Å². The zero-order valence-corrected chi connectivity index (χ0v) is 13.2. The van der Waals surface area contributed by atoms with Gasteiger partial charge in [-0.05, 0) is 29.8 Å². The lowest BCUT2D eigenvalue weighted by Gasteiger charge is -2.33. The van der Waals surface area contributed by atoms with Gasteiger partial charge in [0.05, 0.1) is 6.20 Å². The lowest BCUT2D eigenvalue weighted by atomic mass is 9.81. The average molecular weight is 330 g/mol. The first-order chi connectivity index (χ1) is 12.3. The molecule has 0 radical (unpaired) electrons. The van der Waals surface area contributed by atoms with Gasteiger partial charge in [-0.15, -0.1) is 0 Å². The molecule has 2 aliphatic heterocycles. The highest BCUT2D eigenvalue weighted by Crippen LogP contribution is 2.51. The number of ether oxygens (including phenoxy) is 2. The fraction of sp³-hybridized carbons (Fsp3) is 0.105. The maximum Gasteiger partial charge on any atom is 0.283 e. The molecule has 25 heavy (non-hydrogen) atoms. The topological polar surface area (TPSA) is 82.6 Å². The third-order valence-electron chi connectivity index (χ3n) is 4.60. The molecule has 6 nitrogen and oxygen atoms in total. The van der Waals surface area contributed by atoms with E-state index in [0.717, 1.165) is 28.0 Å². The van der Waals surface area contributed by atoms with E-state index in [1.165, 1.54) is 0 Å². The highest BCUT2D eigenvalue weighted by molar-refractivity contribution is 5.77. The number of nitrogens with two attached hydrogens (primary N) is 1. The predicted octanol–water partition coefficient (Wildman–Crippen LogP) is 2.84. The number of aromatic nitrogens is 2. The fourth-order valence-corrected chi connectivity index (χ4v) is 3.43. The van der Waals surface area contributed by atoms with Crippen LogP contribution in [0.3, 0.4) is 0 Å². The van der Waals surface area contributed by atoms with Crippen molar-refractivity contribution in [1.29, 1.82) is 0 Å². The summed E-state index contributed by atoms with van der Waals surface area (Å²) in [6, 6.07) is 12.0. The zero-order chi connectivity index (χ0) is 16.9. The number of amidine groups is 1. The van der Waals surface area contributed by atoms with Gasteiger partial charge in [-0.3, -0.25) is 9.97 Å². The molecule has 2 N–H and O–H groups in total. The molecule has 0 aliphatic carbocycles. The van der Waals surface area contributed by atoms with Gasteiger partial charge in [0.1, 0.15) is 12.4 Å². The molecule has 1 spiro atoms. The average Bonchev–Trinajstić information content (AvgIpc) is 3.05. The van der Waals surface area contributed by atoms with E-state index in [9.17, 15) is 0 Å². The van der Waals surface area contributed by atoms with E-state index in [0.29, 0.717) is 12.4 Å². The molecule has 0 saturated carbocycles. The van der Waals surface area contributed by atoms with Crippen LogP contribution in [0.1, 0.15) is 11.1 Å². The van der Waals surface area contributed by atoms with Gasteiger partial charge in [0, 0.05) is 35.3 Å². The Kier molecular flexibility index (Phi) is 2.82. The lowest BCUT2D eigenvalue weighted by molar-refractivity contribution is 0.264. The van der Waals surface area contributed by atoms with Crippen molar-refractivity contribution < 1.29 is 9.47 Å². The monoisotopic (exact) mass is 330 g/mol. The second kappa shape index (κ2) is 5.04. The van der Waals surface area contributed by atoms with Crippen LogP contribution in [0, 0.1) is 0 Å². The Morgan fingerprint density at radius 3 is 2.64 bits per heavy atom. The second-order valence-electron chi connectivity index (χ2n) is 6.03. The van der Waals surface area contributed by atoms with Gasteiger partial charge in [0.2, 0.25) is 0 Å². The molecule has 1 aromatic carbocycles. The Hall–Kier alpha value is -3.41. The summed E-state index contributed by atoms with van der Waals surface area (Å²) in [5.41, 5.74) is 9.04. The SMILES string of the molecule is NC1=NC2(CO1)c1ccncc1Oc1ccc(-c3cccnc3)cc12. The van der Waals surface area contributed by atoms with Crippen LogP contribution < -0.4 is 10.5 Å². The minimum atomic E-state index is -0.714. The zero-order valence-electron chi connectivity index (χ0n) is 13.2. The highest BCUT2D eigenvalue weighted by atomic mass is 16.5. The second-order valence-corrected chi connectivity index (χ2v) is 6.03. The quantitative estimate of drug-likeness (QED) is 0.742. The maximum atomic E-state index is 6.05. The molecule has 2 aromatic heterocycles. The maximum absolute atomic E-state index is 6.05. The van der Waals surface area contributed by atoms with Gasteiger partial charge in [0.15, 0.2) is 11.3 Å². The van der Waals surface area contributed by atoms with Crippen molar-refractivity contribution in [3.63, 3.8) is 0 Å². The molecule has 4 heterocycles. The van der Waals surface area contributed by atoms with Gasteiger partial charge in [-0.25, -0.2) is 4.99 Å². The number of benzene rings is 1. The number of rotatable bonds is 1. The van der Waals surface area contributed by atoms with Gasteiger partial charge in [-0.2, -0.15) is 0 Å². The summed E-state index contributed by atoms with van der Waals surface area (Å²) in [4.78, 5) is 13.0. The predicted molar refractivity (Wildman–Crippen MR) is 92.3 cm³/mol. The Bertz CT molecular complexity index is 1000. The van der Waals surface area contributed by atoms with Crippen LogP contribution >= 0.6 is 0 Å². The lowest BCUT2D eigenvalue weighted by Crippen LogP contribution is -2.31. The van der Waals surface area contributed by atoms with Crippen molar-refractivity contribution in [2.24, 2.45) is 10.7 Å². The van der Waals surface area contributed by atoms with Crippen LogP contribution in [0.2, 0.25) is 0 Å². The number of aliphatic imine (C=N–C) groups is 1. The van der Waals surface area contributed by atoms with Gasteiger partial charge in [0.25, 0.3) is 6.02 Å². The number of pyridine rings is 2. The number of nitrogens with zero attached hydrogens (tertiary/aromatic N) is 3. The van der Waals surface area contributed by atoms with Crippen LogP contribution in [0.5, 0.6) is 11.5 Å². The summed E-state index contributed by atoms with van der Waals surface area (Å²) in [6.45, 7) is 0.336. The van der Waals surface area contributed by atoms with Crippen molar-refractivity contribution in [3.05, 3.63) is 72.3 Å². The Labute approximate surface area is 144 Å². The molecule has 3 aromatic rings. The molecule has 122 valence electrons. The fourth-order valence-electron chi connectivity index (χ4n) is 3.43. The molecule has 0 bridgehead atoms. The van der Waals surface area contributed by atoms with Crippen molar-refractivity contribution in [2.75, 3.05) is 6.61 Å². The van der Waals surface area contributed by atoms with Crippen LogP contribution in [0.25, 0.3) is 11.1 Å². The van der Waals surface area contributed by atoms with Crippen molar-refractivity contribution in [1.82, 2.24) is 9.97 Å². The van der Waals surface area contributed by atoms with Crippen molar-refractivity contribution in [3.8, 4) is 22.6 Å². The number of hydrogen-bond acceptors (Lipinski definition) is 6. The number of fused-ring (bicyclic) bond motifs is 4. The van der Waals surface area contributed by atoms with E-state index in [1.54, 1.807) is 18.6 Å². The molecular weight excluding hydrogens is 316 g/mol. The first-order valence-corrected chi connectivity index (χ1v) is 7.92. The molecule has 5 rings (SSSR count). The smallest absolute Gasteiger partial charge is 0.283 e. The van der Waals surface area contributed by atoms with Gasteiger partial charge >= 0.3 is 0 Å². The summed E-state index contributed by atoms with van der Waals surface area (Å²) < 4.78 is 11.6. The molecule has 2 aliphatic rings. The van der Waals surface area contributed by atoms with Gasteiger partial charge in [-0.1, -0.05) is 12.1 Å². The first kappa shape index (κ1) is 14.0. The van der Waals surface area contributed by atoms with Crippen LogP contribution in [-0.4, -0.2) is 22.6 Å². The third-order valence-corrected chi connectivity index (χ3v) is 4.60. The highest BCUT2D eigenvalue weighted by Gasteiger charge is 2.47. The Morgan fingerprint density at radius 2 is 1.84 bits per heavy atom. The van der Waals surface area contributed by atoms with Crippen LogP contribution in [-0.2, 0) is 10.3 Å². The standard InChI is InChI=1S/C19H14N4O2/c20-18-23-19(11-24-18)14-5-7-22-10-17(14)25-16-4-3-12(8-15(16)19)13-2-1-6-21-9-13/h1-10H,11H2,(H2,20,23). The molecule has 0 fully saturated rings. The minimum Gasteiger partial charge on any atom is -0.462 e. The summed E-state index contributed by atoms with van der Waals surface area (Å²) in [7, 11) is 0. The largest absolute Gasteiger partial charge is 0.462 e.